The third-order valence-corrected chi connectivity index (χ3v) is 9.05. The number of fused-ring (bicyclic) bond motifs is 1. The Kier molecular flexibility index (Phi) is 11.0. The molecule has 0 spiro atoms. The van der Waals surface area contributed by atoms with Gasteiger partial charge in [0.25, 0.3) is 0 Å². The summed E-state index contributed by atoms with van der Waals surface area (Å²) in [7, 11) is -6.17. The number of hydrogen-bond acceptors (Lipinski definition) is 9. The van der Waals surface area contributed by atoms with Gasteiger partial charge in [-0.3, -0.25) is 0 Å². The van der Waals surface area contributed by atoms with Crippen LogP contribution in [0.5, 0.6) is 11.5 Å². The van der Waals surface area contributed by atoms with E-state index in [1.54, 1.807) is 45.9 Å². The van der Waals surface area contributed by atoms with Gasteiger partial charge in [0, 0.05) is 23.1 Å². The highest BCUT2D eigenvalue weighted by Crippen LogP contribution is 2.46. The molecule has 0 radical (unpaired) electrons. The van der Waals surface area contributed by atoms with Crippen molar-refractivity contribution in [1.82, 2.24) is 4.98 Å². The van der Waals surface area contributed by atoms with Crippen LogP contribution in [0.3, 0.4) is 0 Å². The molecule has 13 heteroatoms. The quantitative estimate of drug-likeness (QED) is 0.0623. The summed E-state index contributed by atoms with van der Waals surface area (Å²) in [6, 6.07) is 14.7. The fraction of sp³-hybridized carbons (Fsp3) is 0.371. The lowest BCUT2D eigenvalue weighted by atomic mass is 10.00. The van der Waals surface area contributed by atoms with Crippen LogP contribution in [-0.4, -0.2) is 43.2 Å². The average Bonchev–Trinajstić information content (AvgIpc) is 3.40. The lowest BCUT2D eigenvalue weighted by molar-refractivity contribution is -0.167. The van der Waals surface area contributed by atoms with Crippen molar-refractivity contribution in [3.05, 3.63) is 77.9 Å². The van der Waals surface area contributed by atoms with Crippen molar-refractivity contribution < 1.29 is 44.8 Å². The Morgan fingerprint density at radius 2 is 1.75 bits per heavy atom. The number of halogens is 3. The molecule has 0 aliphatic heterocycles. The highest BCUT2D eigenvalue weighted by molar-refractivity contribution is 7.88. The van der Waals surface area contributed by atoms with E-state index in [-0.39, 0.29) is 34.1 Å². The first-order chi connectivity index (χ1) is 22.3. The molecule has 48 heavy (non-hydrogen) atoms. The molecule has 4 aromatic rings. The Morgan fingerprint density at radius 1 is 1.06 bits per heavy atom. The lowest BCUT2D eigenvalue weighted by Gasteiger charge is -2.28. The van der Waals surface area contributed by atoms with E-state index >= 15 is 0 Å². The van der Waals surface area contributed by atoms with Crippen LogP contribution in [0.25, 0.3) is 31.9 Å². The number of esters is 1. The highest BCUT2D eigenvalue weighted by atomic mass is 32.2. The number of benzene rings is 3. The average molecular weight is 706 g/mol. The van der Waals surface area contributed by atoms with Crippen molar-refractivity contribution in [1.29, 1.82) is 0 Å². The van der Waals surface area contributed by atoms with E-state index in [9.17, 15) is 26.4 Å². The Balaban J connectivity index is 1.94. The van der Waals surface area contributed by atoms with E-state index < -0.39 is 39.1 Å². The van der Waals surface area contributed by atoms with Gasteiger partial charge in [0.1, 0.15) is 10.8 Å². The van der Waals surface area contributed by atoms with E-state index in [1.165, 1.54) is 6.92 Å². The molecule has 0 bridgehead atoms. The molecule has 0 aliphatic carbocycles. The second-order valence-corrected chi connectivity index (χ2v) is 14.7. The first kappa shape index (κ1) is 36.9. The third-order valence-electron chi connectivity index (χ3n) is 6.98. The molecule has 0 fully saturated rings. The zero-order chi connectivity index (χ0) is 35.6. The number of nitrogens with zero attached hydrogens (tertiary/aromatic N) is 1. The normalized spacial score (nSPS) is 13.6. The summed E-state index contributed by atoms with van der Waals surface area (Å²) in [6.45, 7) is 15.6. The van der Waals surface area contributed by atoms with Gasteiger partial charge < -0.3 is 18.4 Å². The van der Waals surface area contributed by atoms with Crippen LogP contribution in [0.1, 0.15) is 63.8 Å². The lowest BCUT2D eigenvalue weighted by Crippen LogP contribution is -2.31. The van der Waals surface area contributed by atoms with Crippen molar-refractivity contribution in [3.8, 4) is 33.2 Å². The standard InChI is InChI=1S/C35H38F3NO7S2/c1-9-12-22(5)44-27-16-15-20(3)17-25(27)23-13-11-14-24(19-23)32-39-26-18-21(4)28(30(33(40)43-10-2)45-34(6,7)8)29(31(26)47-32)46-48(41,42)35(36,37)38/h9,11,13-19,22,30H,1,10,12H2,2-8H3/t22-,30-/m0/s1. The van der Waals surface area contributed by atoms with Gasteiger partial charge in [0.2, 0.25) is 0 Å². The van der Waals surface area contributed by atoms with Gasteiger partial charge in [-0.05, 0) is 83.9 Å². The monoisotopic (exact) mass is 705 g/mol. The van der Waals surface area contributed by atoms with Crippen LogP contribution in [-0.2, 0) is 24.4 Å². The molecule has 258 valence electrons. The molecule has 1 aromatic heterocycles. The molecule has 0 saturated carbocycles. The summed E-state index contributed by atoms with van der Waals surface area (Å²) in [5, 5.41) is 0.372. The first-order valence-corrected chi connectivity index (χ1v) is 17.4. The summed E-state index contributed by atoms with van der Waals surface area (Å²) in [5.74, 6) is -0.955. The highest BCUT2D eigenvalue weighted by Gasteiger charge is 2.50. The maximum absolute atomic E-state index is 13.7. The van der Waals surface area contributed by atoms with Crippen molar-refractivity contribution in [2.75, 3.05) is 6.61 Å². The van der Waals surface area contributed by atoms with E-state index in [1.807, 2.05) is 50.2 Å². The Hall–Kier alpha value is -3.94. The van der Waals surface area contributed by atoms with Gasteiger partial charge in [-0.15, -0.1) is 17.9 Å². The molecule has 0 amide bonds. The fourth-order valence-electron chi connectivity index (χ4n) is 4.95. The molecule has 8 nitrogen and oxygen atoms in total. The number of carbonyl (C=O) groups excluding carboxylic acids is 1. The van der Waals surface area contributed by atoms with Gasteiger partial charge in [0.15, 0.2) is 11.9 Å². The molecule has 2 atom stereocenters. The molecule has 0 saturated heterocycles. The molecular weight excluding hydrogens is 668 g/mol. The van der Waals surface area contributed by atoms with Crippen LogP contribution < -0.4 is 8.92 Å². The molecular formula is C35H38F3NO7S2. The Morgan fingerprint density at radius 3 is 2.38 bits per heavy atom. The topological polar surface area (TPSA) is 101 Å². The number of carbonyl (C=O) groups is 1. The maximum atomic E-state index is 13.7. The van der Waals surface area contributed by atoms with Crippen LogP contribution in [0, 0.1) is 13.8 Å². The van der Waals surface area contributed by atoms with Crippen LogP contribution >= 0.6 is 11.3 Å². The second-order valence-electron chi connectivity index (χ2n) is 12.2. The van der Waals surface area contributed by atoms with Gasteiger partial charge in [-0.2, -0.15) is 21.6 Å². The van der Waals surface area contributed by atoms with Gasteiger partial charge in [0.05, 0.1) is 28.5 Å². The smallest absolute Gasteiger partial charge is 0.490 e. The second kappa shape index (κ2) is 14.3. The van der Waals surface area contributed by atoms with Crippen molar-refractivity contribution in [2.24, 2.45) is 0 Å². The predicted molar refractivity (Wildman–Crippen MR) is 181 cm³/mol. The minimum Gasteiger partial charge on any atom is -0.490 e. The predicted octanol–water partition coefficient (Wildman–Crippen LogP) is 9.24. The van der Waals surface area contributed by atoms with E-state index in [0.29, 0.717) is 22.7 Å². The number of hydrogen-bond donors (Lipinski definition) is 0. The molecule has 0 unspecified atom stereocenters. The van der Waals surface area contributed by atoms with Gasteiger partial charge in [-0.1, -0.05) is 35.9 Å². The molecule has 4 rings (SSSR count). The number of aryl methyl sites for hydroxylation is 2. The first-order valence-electron chi connectivity index (χ1n) is 15.1. The number of rotatable bonds is 12. The molecule has 0 N–H and O–H groups in total. The van der Waals surface area contributed by atoms with E-state index in [0.717, 1.165) is 28.0 Å². The van der Waals surface area contributed by atoms with Crippen LogP contribution in [0.2, 0.25) is 0 Å². The van der Waals surface area contributed by atoms with Crippen molar-refractivity contribution >= 4 is 37.6 Å². The Labute approximate surface area is 282 Å². The molecule has 1 heterocycles. The summed E-state index contributed by atoms with van der Waals surface area (Å²) >= 11 is 0.922. The number of alkyl halides is 3. The minimum atomic E-state index is -6.17. The van der Waals surface area contributed by atoms with Gasteiger partial charge in [-0.25, -0.2) is 9.78 Å². The summed E-state index contributed by atoms with van der Waals surface area (Å²) in [5.41, 5.74) is -3.32. The van der Waals surface area contributed by atoms with Crippen molar-refractivity contribution in [3.63, 3.8) is 0 Å². The largest absolute Gasteiger partial charge is 0.534 e. The summed E-state index contributed by atoms with van der Waals surface area (Å²) < 4.78 is 88.2. The van der Waals surface area contributed by atoms with Crippen LogP contribution in [0.15, 0.2) is 61.2 Å². The zero-order valence-electron chi connectivity index (χ0n) is 27.7. The summed E-state index contributed by atoms with van der Waals surface area (Å²) in [4.78, 5) is 17.8. The SMILES string of the molecule is C=CC[C@H](C)Oc1ccc(C)cc1-c1cccc(-c2nc3cc(C)c([C@H](OC(C)(C)C)C(=O)OCC)c(OS(=O)(=O)C(F)(F)F)c3s2)c1. The summed E-state index contributed by atoms with van der Waals surface area (Å²) in [6.07, 6.45) is 0.694. The van der Waals surface area contributed by atoms with E-state index in [2.05, 4.69) is 11.6 Å². The van der Waals surface area contributed by atoms with E-state index in [4.69, 9.17) is 18.4 Å². The number of aromatic nitrogens is 1. The maximum Gasteiger partial charge on any atom is 0.534 e. The molecule has 3 aromatic carbocycles. The number of ether oxygens (including phenoxy) is 3. The van der Waals surface area contributed by atoms with Gasteiger partial charge >= 0.3 is 21.6 Å². The minimum absolute atomic E-state index is 0.0199. The fourth-order valence-corrected chi connectivity index (χ4v) is 6.53. The third kappa shape index (κ3) is 8.37. The number of thiazole rings is 1. The zero-order valence-corrected chi connectivity index (χ0v) is 29.4. The Bertz CT molecular complexity index is 1930. The molecule has 0 aliphatic rings. The van der Waals surface area contributed by atoms with Crippen molar-refractivity contribution in [2.45, 2.75) is 78.2 Å². The van der Waals surface area contributed by atoms with Crippen LogP contribution in [0.4, 0.5) is 13.2 Å².